The minimum atomic E-state index is -1.83. The number of nitrogens with one attached hydrogen (secondary N) is 2. The number of β-lactam (4-membered cyclic amide) rings is 1. The molecule has 4 heterocycles. The quantitative estimate of drug-likeness (QED) is 0.0784. The number of nitro groups is 1. The maximum absolute atomic E-state index is 13.7. The number of ether oxygens (including phenoxy) is 2. The summed E-state index contributed by atoms with van der Waals surface area (Å²) in [5.74, 6) is -2.77. The zero-order valence-electron chi connectivity index (χ0n) is 28.1. The van der Waals surface area contributed by atoms with E-state index in [9.17, 15) is 44.0 Å². The molecule has 0 spiro atoms. The standard InChI is InChI=1S/C31H37N7O11S/c1-15-21-20(16(2)40)26(43)37(21)22(27(44)48-13-17-7-9-18(10-8-17)38(46)47)23(15)50-19-11-31(14-39,36(12-19)29(45)49-30(3,4)5)33-28-32-24(41)25(42)34-35(28)6/h7-10,14-16,19-21,40H,11-13H2,1-6H3,(H,34,42)(H,32,33,41)/t15-,16-,19+,20-,21-,31+/m1/s1. The number of rotatable bonds is 10. The predicted octanol–water partition coefficient (Wildman–Crippen LogP) is 1.24. The summed E-state index contributed by atoms with van der Waals surface area (Å²) >= 11 is 1.16. The Morgan fingerprint density at radius 1 is 1.26 bits per heavy atom. The Kier molecular flexibility index (Phi) is 9.68. The van der Waals surface area contributed by atoms with Gasteiger partial charge in [-0.15, -0.1) is 11.8 Å². The molecule has 0 radical (unpaired) electrons. The van der Waals surface area contributed by atoms with Crippen LogP contribution in [0.15, 0.2) is 44.5 Å². The molecule has 3 N–H and O–H groups in total. The van der Waals surface area contributed by atoms with E-state index in [1.807, 2.05) is 0 Å². The SMILES string of the molecule is C[C@@H](O)[C@H]1C(=O)N2C(C(=O)OCc3ccc([N+](=O)[O-])cc3)=C(S[C@@H]3CN(C(=O)OC(C)(C)C)[C@@](C=O)(Nc4nc(=O)c(=O)[nH]n4C)C3)[C@H](C)[C@H]12. The lowest BCUT2D eigenvalue weighted by atomic mass is 9.79. The van der Waals surface area contributed by atoms with Crippen LogP contribution < -0.4 is 16.4 Å². The topological polar surface area (TPSA) is 236 Å². The number of hydrogen-bond donors (Lipinski definition) is 3. The Labute approximate surface area is 288 Å². The first-order valence-corrected chi connectivity index (χ1v) is 16.5. The molecule has 50 heavy (non-hydrogen) atoms. The molecule has 3 aliphatic heterocycles. The van der Waals surface area contributed by atoms with E-state index in [0.29, 0.717) is 16.8 Å². The van der Waals surface area contributed by atoms with Crippen molar-refractivity contribution in [2.75, 3.05) is 11.9 Å². The lowest BCUT2D eigenvalue weighted by Crippen LogP contribution is -2.63. The number of aryl methyl sites for hydroxylation is 1. The largest absolute Gasteiger partial charge is 0.456 e. The summed E-state index contributed by atoms with van der Waals surface area (Å²) in [4.78, 5) is 94.5. The van der Waals surface area contributed by atoms with Gasteiger partial charge in [0.2, 0.25) is 11.9 Å². The Morgan fingerprint density at radius 3 is 2.50 bits per heavy atom. The molecule has 2 fully saturated rings. The normalized spacial score (nSPS) is 25.1. The number of thioether (sulfide) groups is 1. The Hall–Kier alpha value is -5.04. The van der Waals surface area contributed by atoms with E-state index in [0.717, 1.165) is 21.3 Å². The number of aliphatic hydroxyl groups is 1. The maximum Gasteiger partial charge on any atom is 0.412 e. The number of aliphatic hydroxyl groups excluding tert-OH is 1. The van der Waals surface area contributed by atoms with Crippen LogP contribution in [-0.4, -0.2) is 94.1 Å². The average molecular weight is 716 g/mol. The van der Waals surface area contributed by atoms with E-state index in [-0.39, 0.29) is 36.9 Å². The fraction of sp³-hybridized carbons (Fsp3) is 0.516. The van der Waals surface area contributed by atoms with Gasteiger partial charge in [0, 0.05) is 48.2 Å². The number of carbonyl (C=O) groups excluding carboxylic acids is 4. The Bertz CT molecular complexity index is 1880. The number of H-pyrrole nitrogens is 1. The van der Waals surface area contributed by atoms with Crippen LogP contribution in [0.1, 0.15) is 46.6 Å². The number of hydrogen-bond acceptors (Lipinski definition) is 14. The first-order valence-electron chi connectivity index (χ1n) is 15.6. The van der Waals surface area contributed by atoms with Crippen molar-refractivity contribution in [3.8, 4) is 0 Å². The number of benzene rings is 1. The van der Waals surface area contributed by atoms with Crippen molar-refractivity contribution in [1.82, 2.24) is 24.6 Å². The van der Waals surface area contributed by atoms with Gasteiger partial charge in [-0.1, -0.05) is 6.92 Å². The van der Waals surface area contributed by atoms with E-state index < -0.39 is 74.5 Å². The molecular formula is C31H37N7O11S. The van der Waals surface area contributed by atoms with Crippen molar-refractivity contribution in [3.05, 3.63) is 71.3 Å². The molecule has 0 unspecified atom stereocenters. The summed E-state index contributed by atoms with van der Waals surface area (Å²) in [6.07, 6.45) is -1.49. The summed E-state index contributed by atoms with van der Waals surface area (Å²) in [6.45, 7) is 7.88. The molecule has 5 rings (SSSR count). The van der Waals surface area contributed by atoms with Crippen LogP contribution >= 0.6 is 11.8 Å². The number of amides is 2. The number of non-ortho nitro benzene ring substituents is 1. The van der Waals surface area contributed by atoms with Gasteiger partial charge in [-0.25, -0.2) is 9.59 Å². The van der Waals surface area contributed by atoms with E-state index in [4.69, 9.17) is 9.47 Å². The molecule has 268 valence electrons. The molecule has 19 heteroatoms. The molecule has 3 aliphatic rings. The number of aromatic nitrogens is 3. The number of aldehydes is 1. The van der Waals surface area contributed by atoms with Crippen molar-refractivity contribution in [1.29, 1.82) is 0 Å². The van der Waals surface area contributed by atoms with Crippen molar-refractivity contribution < 1.29 is 38.7 Å². The number of aromatic amines is 1. The molecular weight excluding hydrogens is 678 g/mol. The van der Waals surface area contributed by atoms with Gasteiger partial charge in [0.05, 0.1) is 23.0 Å². The van der Waals surface area contributed by atoms with Crippen LogP contribution in [0.2, 0.25) is 0 Å². The average Bonchev–Trinajstić information content (AvgIpc) is 3.51. The zero-order valence-corrected chi connectivity index (χ0v) is 28.9. The van der Waals surface area contributed by atoms with Gasteiger partial charge in [-0.2, -0.15) is 4.98 Å². The lowest BCUT2D eigenvalue weighted by Gasteiger charge is -2.46. The van der Waals surface area contributed by atoms with Crippen LogP contribution in [0, 0.1) is 22.0 Å². The highest BCUT2D eigenvalue weighted by Crippen LogP contribution is 2.53. The van der Waals surface area contributed by atoms with Crippen molar-refractivity contribution in [2.24, 2.45) is 18.9 Å². The third kappa shape index (κ3) is 6.74. The van der Waals surface area contributed by atoms with Gasteiger partial charge >= 0.3 is 23.2 Å². The highest BCUT2D eigenvalue weighted by atomic mass is 32.2. The molecule has 0 saturated carbocycles. The Balaban J connectivity index is 1.48. The van der Waals surface area contributed by atoms with Gasteiger partial charge in [-0.05, 0) is 45.4 Å². The molecule has 18 nitrogen and oxygen atoms in total. The Morgan fingerprint density at radius 2 is 1.92 bits per heavy atom. The molecule has 0 aliphatic carbocycles. The van der Waals surface area contributed by atoms with Crippen molar-refractivity contribution in [2.45, 2.75) is 76.3 Å². The molecule has 2 aromatic rings. The summed E-state index contributed by atoms with van der Waals surface area (Å²) in [6, 6.07) is 4.86. The fourth-order valence-corrected chi connectivity index (χ4v) is 7.91. The fourth-order valence-electron chi connectivity index (χ4n) is 6.34. The number of fused-ring (bicyclic) bond motifs is 1. The van der Waals surface area contributed by atoms with Gasteiger partial charge in [-0.3, -0.25) is 44.0 Å². The van der Waals surface area contributed by atoms with Gasteiger partial charge < -0.3 is 24.8 Å². The first kappa shape index (κ1) is 36.2. The molecule has 0 bridgehead atoms. The number of anilines is 1. The minimum Gasteiger partial charge on any atom is -0.456 e. The highest BCUT2D eigenvalue weighted by molar-refractivity contribution is 8.03. The van der Waals surface area contributed by atoms with E-state index >= 15 is 0 Å². The minimum absolute atomic E-state index is 0.0404. The van der Waals surface area contributed by atoms with Crippen LogP contribution in [0.25, 0.3) is 0 Å². The summed E-state index contributed by atoms with van der Waals surface area (Å²) in [5.41, 5.74) is -4.61. The molecule has 6 atom stereocenters. The van der Waals surface area contributed by atoms with Crippen LogP contribution in [0.5, 0.6) is 0 Å². The van der Waals surface area contributed by atoms with Gasteiger partial charge in [0.1, 0.15) is 17.9 Å². The second kappa shape index (κ2) is 13.3. The number of nitrogens with zero attached hydrogens (tertiary/aromatic N) is 5. The second-order valence-electron chi connectivity index (χ2n) is 13.4. The zero-order chi connectivity index (χ0) is 36.9. The third-order valence-electron chi connectivity index (χ3n) is 8.65. The molecule has 2 saturated heterocycles. The summed E-state index contributed by atoms with van der Waals surface area (Å²) in [5, 5.41) is 26.0. The van der Waals surface area contributed by atoms with Crippen LogP contribution in [0.4, 0.5) is 16.4 Å². The summed E-state index contributed by atoms with van der Waals surface area (Å²) < 4.78 is 12.3. The number of nitro benzene ring substituents is 1. The molecule has 1 aromatic heterocycles. The summed E-state index contributed by atoms with van der Waals surface area (Å²) in [7, 11) is 1.38. The number of carbonyl (C=O) groups is 4. The second-order valence-corrected chi connectivity index (χ2v) is 14.8. The van der Waals surface area contributed by atoms with E-state index in [1.54, 1.807) is 27.7 Å². The third-order valence-corrected chi connectivity index (χ3v) is 10.1. The van der Waals surface area contributed by atoms with E-state index in [1.165, 1.54) is 43.1 Å². The maximum atomic E-state index is 13.7. The monoisotopic (exact) mass is 715 g/mol. The van der Waals surface area contributed by atoms with Gasteiger partial charge in [0.25, 0.3) is 5.69 Å². The highest BCUT2D eigenvalue weighted by Gasteiger charge is 2.61. The molecule has 1 aromatic carbocycles. The smallest absolute Gasteiger partial charge is 0.412 e. The number of likely N-dealkylation sites (tertiary alicyclic amines) is 1. The molecule has 2 amide bonds. The van der Waals surface area contributed by atoms with E-state index in [2.05, 4.69) is 15.4 Å². The number of esters is 1. The predicted molar refractivity (Wildman–Crippen MR) is 176 cm³/mol. The van der Waals surface area contributed by atoms with Gasteiger partial charge in [0.15, 0.2) is 11.9 Å². The van der Waals surface area contributed by atoms with Crippen LogP contribution in [-0.2, 0) is 37.5 Å². The van der Waals surface area contributed by atoms with Crippen molar-refractivity contribution >= 4 is 47.7 Å². The first-order chi connectivity index (χ1) is 23.4. The van der Waals surface area contributed by atoms with Crippen LogP contribution in [0.3, 0.4) is 0 Å². The lowest BCUT2D eigenvalue weighted by molar-refractivity contribution is -0.384. The van der Waals surface area contributed by atoms with Crippen molar-refractivity contribution in [3.63, 3.8) is 0 Å².